The molecule has 1 heterocycles. The van der Waals surface area contributed by atoms with E-state index in [0.717, 1.165) is 34.1 Å². The molecule has 1 aliphatic rings. The number of hydrogen-bond donors (Lipinski definition) is 1. The summed E-state index contributed by atoms with van der Waals surface area (Å²) in [5, 5.41) is 2.95. The molecule has 1 fully saturated rings. The van der Waals surface area contributed by atoms with Gasteiger partial charge in [0.15, 0.2) is 0 Å². The predicted molar refractivity (Wildman–Crippen MR) is 80.8 cm³/mol. The second-order valence-corrected chi connectivity index (χ2v) is 6.52. The molecule has 1 aromatic carbocycles. The van der Waals surface area contributed by atoms with Crippen molar-refractivity contribution in [3.63, 3.8) is 0 Å². The zero-order chi connectivity index (χ0) is 13.1. The van der Waals surface area contributed by atoms with Crippen LogP contribution in [-0.4, -0.2) is 24.0 Å². The van der Waals surface area contributed by atoms with Crippen LogP contribution in [0.2, 0.25) is 0 Å². The van der Waals surface area contributed by atoms with Crippen LogP contribution in [0.4, 0.5) is 10.5 Å². The lowest BCUT2D eigenvalue weighted by molar-refractivity contribution is 0.182. The molecule has 1 saturated heterocycles. The summed E-state index contributed by atoms with van der Waals surface area (Å²) in [6.45, 7) is 3.89. The predicted octanol–water partition coefficient (Wildman–Crippen LogP) is 4.48. The van der Waals surface area contributed by atoms with Crippen molar-refractivity contribution in [3.8, 4) is 0 Å². The van der Waals surface area contributed by atoms with Crippen LogP contribution in [0.15, 0.2) is 27.1 Å². The molecule has 0 radical (unpaired) electrons. The average Bonchev–Trinajstić information content (AvgIpc) is 2.32. The molecule has 1 N–H and O–H groups in total. The number of benzene rings is 1. The Hall–Kier alpha value is -0.550. The van der Waals surface area contributed by atoms with Crippen molar-refractivity contribution in [2.75, 3.05) is 18.4 Å². The number of halogens is 2. The lowest BCUT2D eigenvalue weighted by Gasteiger charge is -2.31. The summed E-state index contributed by atoms with van der Waals surface area (Å²) < 4.78 is 1.87. The van der Waals surface area contributed by atoms with Crippen molar-refractivity contribution in [3.05, 3.63) is 27.1 Å². The van der Waals surface area contributed by atoms with Gasteiger partial charge in [-0.15, -0.1) is 0 Å². The number of nitrogens with zero attached hydrogens (tertiary/aromatic N) is 1. The highest BCUT2D eigenvalue weighted by molar-refractivity contribution is 9.11. The Morgan fingerprint density at radius 2 is 2.22 bits per heavy atom. The number of hydrogen-bond acceptors (Lipinski definition) is 1. The number of amides is 2. The molecular weight excluding hydrogens is 360 g/mol. The van der Waals surface area contributed by atoms with Crippen molar-refractivity contribution >= 4 is 43.6 Å². The Labute approximate surface area is 124 Å². The number of nitrogens with one attached hydrogen (secondary N) is 1. The fraction of sp³-hybridized carbons (Fsp3) is 0.462. The Balaban J connectivity index is 2.02. The van der Waals surface area contributed by atoms with Gasteiger partial charge in [-0.1, -0.05) is 22.9 Å². The van der Waals surface area contributed by atoms with E-state index >= 15 is 0 Å². The zero-order valence-electron chi connectivity index (χ0n) is 10.2. The third kappa shape index (κ3) is 3.48. The lowest BCUT2D eigenvalue weighted by atomic mass is 10.0. The number of rotatable bonds is 1. The van der Waals surface area contributed by atoms with E-state index in [-0.39, 0.29) is 6.03 Å². The van der Waals surface area contributed by atoms with Crippen LogP contribution in [0.25, 0.3) is 0 Å². The SMILES string of the molecule is C[C@@H]1CCCN(C(=O)Nc2ccc(Br)cc2Br)C1. The molecule has 0 bridgehead atoms. The van der Waals surface area contributed by atoms with E-state index in [1.54, 1.807) is 0 Å². The van der Waals surface area contributed by atoms with Crippen LogP contribution in [0.1, 0.15) is 19.8 Å². The molecule has 0 unspecified atom stereocenters. The van der Waals surface area contributed by atoms with Gasteiger partial charge in [0.2, 0.25) is 0 Å². The third-order valence-corrected chi connectivity index (χ3v) is 4.27. The molecule has 3 nitrogen and oxygen atoms in total. The van der Waals surface area contributed by atoms with Gasteiger partial charge < -0.3 is 10.2 Å². The second-order valence-electron chi connectivity index (χ2n) is 4.75. The monoisotopic (exact) mass is 374 g/mol. The van der Waals surface area contributed by atoms with Crippen LogP contribution < -0.4 is 5.32 Å². The fourth-order valence-corrected chi connectivity index (χ4v) is 3.31. The molecule has 5 heteroatoms. The molecule has 98 valence electrons. The van der Waals surface area contributed by atoms with Crippen LogP contribution in [0, 0.1) is 5.92 Å². The van der Waals surface area contributed by atoms with Gasteiger partial charge in [-0.05, 0) is 52.9 Å². The normalized spacial score (nSPS) is 19.7. The number of carbonyl (C=O) groups is 1. The van der Waals surface area contributed by atoms with E-state index in [0.29, 0.717) is 5.92 Å². The highest BCUT2D eigenvalue weighted by atomic mass is 79.9. The molecular formula is C13H16Br2N2O. The Morgan fingerprint density at radius 1 is 1.44 bits per heavy atom. The minimum atomic E-state index is -0.00966. The highest BCUT2D eigenvalue weighted by Gasteiger charge is 2.21. The van der Waals surface area contributed by atoms with Crippen LogP contribution >= 0.6 is 31.9 Å². The maximum Gasteiger partial charge on any atom is 0.321 e. The van der Waals surface area contributed by atoms with E-state index in [2.05, 4.69) is 44.1 Å². The molecule has 18 heavy (non-hydrogen) atoms. The van der Waals surface area contributed by atoms with Crippen LogP contribution in [0.5, 0.6) is 0 Å². The first-order chi connectivity index (χ1) is 8.56. The lowest BCUT2D eigenvalue weighted by Crippen LogP contribution is -2.41. The van der Waals surface area contributed by atoms with E-state index in [4.69, 9.17) is 0 Å². The second kappa shape index (κ2) is 6.06. The van der Waals surface area contributed by atoms with Crippen molar-refractivity contribution in [1.82, 2.24) is 4.90 Å². The summed E-state index contributed by atoms with van der Waals surface area (Å²) in [4.78, 5) is 14.0. The summed E-state index contributed by atoms with van der Waals surface area (Å²) in [7, 11) is 0. The number of carbonyl (C=O) groups excluding carboxylic acids is 1. The van der Waals surface area contributed by atoms with Gasteiger partial charge in [0.25, 0.3) is 0 Å². The Morgan fingerprint density at radius 3 is 2.89 bits per heavy atom. The summed E-state index contributed by atoms with van der Waals surface area (Å²) in [5.74, 6) is 0.595. The molecule has 1 aromatic rings. The van der Waals surface area contributed by atoms with Gasteiger partial charge in [-0.2, -0.15) is 0 Å². The number of piperidine rings is 1. The summed E-state index contributed by atoms with van der Waals surface area (Å²) >= 11 is 6.84. The molecule has 0 saturated carbocycles. The number of anilines is 1. The maximum atomic E-state index is 12.1. The summed E-state index contributed by atoms with van der Waals surface area (Å²) in [5.41, 5.74) is 0.807. The van der Waals surface area contributed by atoms with Crippen molar-refractivity contribution < 1.29 is 4.79 Å². The minimum absolute atomic E-state index is 0.00966. The molecule has 1 aliphatic heterocycles. The van der Waals surface area contributed by atoms with Crippen LogP contribution in [0.3, 0.4) is 0 Å². The number of urea groups is 1. The van der Waals surface area contributed by atoms with Gasteiger partial charge in [-0.3, -0.25) is 0 Å². The molecule has 1 atom stereocenters. The van der Waals surface area contributed by atoms with E-state index in [1.165, 1.54) is 6.42 Å². The topological polar surface area (TPSA) is 32.3 Å². The first-order valence-corrected chi connectivity index (χ1v) is 7.66. The molecule has 2 amide bonds. The molecule has 2 rings (SSSR count). The maximum absolute atomic E-state index is 12.1. The summed E-state index contributed by atoms with van der Waals surface area (Å²) in [6.07, 6.45) is 2.31. The Bertz CT molecular complexity index is 451. The molecule has 0 aliphatic carbocycles. The van der Waals surface area contributed by atoms with Gasteiger partial charge >= 0.3 is 6.03 Å². The van der Waals surface area contributed by atoms with Crippen molar-refractivity contribution in [2.24, 2.45) is 5.92 Å². The standard InChI is InChI=1S/C13H16Br2N2O/c1-9-3-2-6-17(8-9)13(18)16-12-5-4-10(14)7-11(12)15/h4-5,7,9H,2-3,6,8H2,1H3,(H,16,18)/t9-/m1/s1. The van der Waals surface area contributed by atoms with E-state index < -0.39 is 0 Å². The summed E-state index contributed by atoms with van der Waals surface area (Å²) in [6, 6.07) is 5.72. The highest BCUT2D eigenvalue weighted by Crippen LogP contribution is 2.26. The first-order valence-electron chi connectivity index (χ1n) is 6.07. The largest absolute Gasteiger partial charge is 0.324 e. The minimum Gasteiger partial charge on any atom is -0.324 e. The zero-order valence-corrected chi connectivity index (χ0v) is 13.4. The third-order valence-electron chi connectivity index (χ3n) is 3.12. The average molecular weight is 376 g/mol. The van der Waals surface area contributed by atoms with E-state index in [9.17, 15) is 4.79 Å². The van der Waals surface area contributed by atoms with Gasteiger partial charge in [0.1, 0.15) is 0 Å². The number of likely N-dealkylation sites (tertiary alicyclic amines) is 1. The first kappa shape index (κ1) is 13.9. The molecule has 0 spiro atoms. The fourth-order valence-electron chi connectivity index (χ4n) is 2.16. The Kier molecular flexibility index (Phi) is 4.67. The van der Waals surface area contributed by atoms with Crippen molar-refractivity contribution in [2.45, 2.75) is 19.8 Å². The molecule has 0 aromatic heterocycles. The quantitative estimate of drug-likeness (QED) is 0.771. The van der Waals surface area contributed by atoms with Crippen LogP contribution in [-0.2, 0) is 0 Å². The van der Waals surface area contributed by atoms with E-state index in [1.807, 2.05) is 23.1 Å². The van der Waals surface area contributed by atoms with Gasteiger partial charge in [0, 0.05) is 22.0 Å². The van der Waals surface area contributed by atoms with Gasteiger partial charge in [0.05, 0.1) is 5.69 Å². The van der Waals surface area contributed by atoms with Crippen molar-refractivity contribution in [1.29, 1.82) is 0 Å². The van der Waals surface area contributed by atoms with Gasteiger partial charge in [-0.25, -0.2) is 4.79 Å². The smallest absolute Gasteiger partial charge is 0.321 e.